The van der Waals surface area contributed by atoms with Gasteiger partial charge >= 0.3 is 0 Å². The van der Waals surface area contributed by atoms with E-state index in [1.54, 1.807) is 0 Å². The molecule has 0 aliphatic carbocycles. The molecule has 0 aromatic carbocycles. The summed E-state index contributed by atoms with van der Waals surface area (Å²) < 4.78 is 37.6. The lowest BCUT2D eigenvalue weighted by Crippen LogP contribution is -2.65. The van der Waals surface area contributed by atoms with Gasteiger partial charge in [-0.15, -0.1) is 0 Å². The van der Waals surface area contributed by atoms with Gasteiger partial charge in [-0.05, 0) is 0 Å². The molecule has 4 fully saturated rings. The number of hydrogen-bond acceptors (Lipinski definition) is 21. The van der Waals surface area contributed by atoms with Crippen molar-refractivity contribution in [2.75, 3.05) is 26.4 Å². The molecule has 0 radical (unpaired) electrons. The molecule has 23 heteroatoms. The average Bonchev–Trinajstić information content (AvgIpc) is 3.02. The number of rotatable bonds is 10. The molecule has 18 N–H and O–H groups in total. The standard InChI is InChI=1S/C24H42O21.2H2O/c25-1-5-9(27)12(30)17(35)22(42-5)39-3-7-11(29)14(32)19(37)24(44-7)45-20-8(41-21(38)16(34)15(20)33)4-40-23-18(36)13(31)10(28)6(2-26)43-23;;/h5-38H,1-4H2;2*1H2/t5?,6?,7?,8?,9-,10-,11+,12-,13-,14-,15+,16+,17-,18-,19+,20-,21+,22+,23-,24-;;/m0../s1. The van der Waals surface area contributed by atoms with Crippen LogP contribution < -0.4 is 0 Å². The Morgan fingerprint density at radius 2 is 0.766 bits per heavy atom. The molecule has 4 aliphatic heterocycles. The largest absolute Gasteiger partial charge is 0.412 e. The highest BCUT2D eigenvalue weighted by atomic mass is 16.8. The minimum Gasteiger partial charge on any atom is -0.412 e. The van der Waals surface area contributed by atoms with Crippen LogP contribution in [-0.2, 0) is 33.2 Å². The van der Waals surface area contributed by atoms with E-state index in [0.29, 0.717) is 0 Å². The molecule has 47 heavy (non-hydrogen) atoms. The van der Waals surface area contributed by atoms with Crippen molar-refractivity contribution in [2.24, 2.45) is 0 Å². The predicted octanol–water partition coefficient (Wildman–Crippen LogP) is -11.4. The van der Waals surface area contributed by atoms with Crippen LogP contribution in [0.25, 0.3) is 0 Å². The summed E-state index contributed by atoms with van der Waals surface area (Å²) in [5, 5.41) is 141. The second-order valence-electron chi connectivity index (χ2n) is 11.2. The summed E-state index contributed by atoms with van der Waals surface area (Å²) in [5.41, 5.74) is 0. The fraction of sp³-hybridized carbons (Fsp3) is 1.00. The van der Waals surface area contributed by atoms with Crippen LogP contribution in [0.1, 0.15) is 0 Å². The van der Waals surface area contributed by atoms with Crippen molar-refractivity contribution in [1.82, 2.24) is 0 Å². The van der Waals surface area contributed by atoms with Gasteiger partial charge in [-0.25, -0.2) is 0 Å². The first kappa shape index (κ1) is 42.2. The third-order valence-electron chi connectivity index (χ3n) is 8.17. The van der Waals surface area contributed by atoms with Crippen molar-refractivity contribution in [3.63, 3.8) is 0 Å². The van der Waals surface area contributed by atoms with E-state index in [0.717, 1.165) is 0 Å². The van der Waals surface area contributed by atoms with E-state index < -0.39 is 149 Å². The first-order valence-electron chi connectivity index (χ1n) is 14.1. The van der Waals surface area contributed by atoms with Crippen LogP contribution in [0.4, 0.5) is 0 Å². The van der Waals surface area contributed by atoms with E-state index in [9.17, 15) is 71.5 Å². The highest BCUT2D eigenvalue weighted by molar-refractivity contribution is 4.95. The maximum Gasteiger partial charge on any atom is 0.187 e. The fourth-order valence-corrected chi connectivity index (χ4v) is 5.33. The monoisotopic (exact) mass is 702 g/mol. The maximum absolute atomic E-state index is 10.7. The number of hydrogen-bond donors (Lipinski definition) is 14. The smallest absolute Gasteiger partial charge is 0.187 e. The van der Waals surface area contributed by atoms with E-state index in [1.165, 1.54) is 0 Å². The summed E-state index contributed by atoms with van der Waals surface area (Å²) in [6.07, 6.45) is -34.9. The van der Waals surface area contributed by atoms with Crippen LogP contribution in [0.15, 0.2) is 0 Å². The summed E-state index contributed by atoms with van der Waals surface area (Å²) in [7, 11) is 0. The minimum absolute atomic E-state index is 0. The lowest BCUT2D eigenvalue weighted by Gasteiger charge is -2.46. The van der Waals surface area contributed by atoms with Gasteiger partial charge in [-0.2, -0.15) is 0 Å². The van der Waals surface area contributed by atoms with Crippen LogP contribution in [0.5, 0.6) is 0 Å². The molecular weight excluding hydrogens is 656 g/mol. The summed E-state index contributed by atoms with van der Waals surface area (Å²) in [5.74, 6) is 0. The highest BCUT2D eigenvalue weighted by Crippen LogP contribution is 2.31. The summed E-state index contributed by atoms with van der Waals surface area (Å²) in [4.78, 5) is 0. The Hall–Kier alpha value is -0.920. The molecule has 0 aromatic rings. The van der Waals surface area contributed by atoms with Gasteiger partial charge in [0.1, 0.15) is 97.7 Å². The second kappa shape index (κ2) is 17.8. The van der Waals surface area contributed by atoms with Crippen molar-refractivity contribution in [3.05, 3.63) is 0 Å². The van der Waals surface area contributed by atoms with E-state index in [-0.39, 0.29) is 11.0 Å². The zero-order valence-electron chi connectivity index (χ0n) is 24.5. The quantitative estimate of drug-likeness (QED) is 0.100. The SMILES string of the molecule is O.O.OCC1O[C@@H](OCC2O[C@@H](O[C@H]3C(CO[C@H]4OC(CO)[C@H](O)[C@H](O)[C@@H]4O)O[C@@H](O)[C@H](O)[C@H]3O)[C@H](O)[C@@H](O)[C@@H]2O)[C@@H](O)[C@@H](O)[C@H]1O. The molecule has 20 atom stereocenters. The van der Waals surface area contributed by atoms with Gasteiger partial charge in [0.15, 0.2) is 25.2 Å². The van der Waals surface area contributed by atoms with Gasteiger partial charge in [-0.1, -0.05) is 0 Å². The Balaban J connectivity index is 0.00000384. The number of aliphatic hydroxyl groups is 14. The van der Waals surface area contributed by atoms with E-state index in [2.05, 4.69) is 0 Å². The molecule has 4 aliphatic rings. The lowest BCUT2D eigenvalue weighted by atomic mass is 9.96. The Bertz CT molecular complexity index is 916. The Morgan fingerprint density at radius 3 is 1.21 bits per heavy atom. The van der Waals surface area contributed by atoms with E-state index in [1.807, 2.05) is 0 Å². The van der Waals surface area contributed by atoms with Gasteiger partial charge in [0, 0.05) is 0 Å². The van der Waals surface area contributed by atoms with Gasteiger partial charge in [0.05, 0.1) is 26.4 Å². The van der Waals surface area contributed by atoms with Crippen molar-refractivity contribution in [2.45, 2.75) is 123 Å². The van der Waals surface area contributed by atoms with Crippen LogP contribution in [0.3, 0.4) is 0 Å². The summed E-state index contributed by atoms with van der Waals surface area (Å²) in [6.45, 7) is -2.90. The molecular formula is C24H46O23. The first-order chi connectivity index (χ1) is 21.2. The molecule has 280 valence electrons. The number of ether oxygens (including phenoxy) is 7. The molecule has 0 amide bonds. The molecule has 4 heterocycles. The summed E-state index contributed by atoms with van der Waals surface area (Å²) >= 11 is 0. The Morgan fingerprint density at radius 1 is 0.383 bits per heavy atom. The van der Waals surface area contributed by atoms with Crippen molar-refractivity contribution < 1.29 is 116 Å². The van der Waals surface area contributed by atoms with Crippen molar-refractivity contribution in [3.8, 4) is 0 Å². The fourth-order valence-electron chi connectivity index (χ4n) is 5.33. The molecule has 4 rings (SSSR count). The van der Waals surface area contributed by atoms with Crippen LogP contribution in [0.2, 0.25) is 0 Å². The van der Waals surface area contributed by atoms with E-state index in [4.69, 9.17) is 33.2 Å². The Labute approximate surface area is 265 Å². The molecule has 0 spiro atoms. The molecule has 0 bridgehead atoms. The predicted molar refractivity (Wildman–Crippen MR) is 141 cm³/mol. The first-order valence-corrected chi connectivity index (χ1v) is 14.1. The normalized spacial score (nSPS) is 50.7. The van der Waals surface area contributed by atoms with Gasteiger partial charge in [0.25, 0.3) is 0 Å². The van der Waals surface area contributed by atoms with Crippen LogP contribution >= 0.6 is 0 Å². The van der Waals surface area contributed by atoms with Crippen molar-refractivity contribution in [1.29, 1.82) is 0 Å². The average molecular weight is 703 g/mol. The zero-order valence-corrected chi connectivity index (χ0v) is 24.5. The molecule has 0 saturated carbocycles. The topological polar surface area (TPSA) is 411 Å². The van der Waals surface area contributed by atoms with Gasteiger partial charge in [0.2, 0.25) is 0 Å². The van der Waals surface area contributed by atoms with Gasteiger partial charge in [-0.3, -0.25) is 0 Å². The lowest BCUT2D eigenvalue weighted by molar-refractivity contribution is -0.368. The molecule has 4 unspecified atom stereocenters. The van der Waals surface area contributed by atoms with Crippen LogP contribution in [-0.4, -0.2) is 232 Å². The minimum atomic E-state index is -1.99. The van der Waals surface area contributed by atoms with Crippen molar-refractivity contribution >= 4 is 0 Å². The van der Waals surface area contributed by atoms with E-state index >= 15 is 0 Å². The highest BCUT2D eigenvalue weighted by Gasteiger charge is 2.52. The van der Waals surface area contributed by atoms with Gasteiger partial charge < -0.3 is 116 Å². The molecule has 4 saturated heterocycles. The number of aliphatic hydroxyl groups excluding tert-OH is 14. The molecule has 0 aromatic heterocycles. The maximum atomic E-state index is 10.7. The molecule has 23 nitrogen and oxygen atoms in total. The third-order valence-corrected chi connectivity index (χ3v) is 8.17. The Kier molecular flexibility index (Phi) is 16.0. The summed E-state index contributed by atoms with van der Waals surface area (Å²) in [6, 6.07) is 0. The second-order valence-corrected chi connectivity index (χ2v) is 11.2. The third kappa shape index (κ3) is 8.88. The van der Waals surface area contributed by atoms with Crippen LogP contribution in [0, 0.1) is 0 Å². The zero-order chi connectivity index (χ0) is 33.3.